The van der Waals surface area contributed by atoms with Crippen LogP contribution in [0.3, 0.4) is 0 Å². The van der Waals surface area contributed by atoms with Gasteiger partial charge in [0.05, 0.1) is 0 Å². The molecule has 10 radical (unpaired) electrons. The van der Waals surface area contributed by atoms with Crippen molar-refractivity contribution in [2.24, 2.45) is 0 Å². The van der Waals surface area contributed by atoms with E-state index < -0.39 is 0 Å². The molecule has 2 aliphatic rings. The molecule has 4 rings (SSSR count). The summed E-state index contributed by atoms with van der Waals surface area (Å²) in [6.45, 7) is 4.42. The zero-order valence-electron chi connectivity index (χ0n) is 19.9. The first-order chi connectivity index (χ1) is 15.8. The summed E-state index contributed by atoms with van der Waals surface area (Å²) in [6, 6.07) is 20.9. The first-order valence-electron chi connectivity index (χ1n) is 11.5. The maximum atomic E-state index is 3.61. The third kappa shape index (κ3) is 13.3. The summed E-state index contributed by atoms with van der Waals surface area (Å²) in [7, 11) is 0. The van der Waals surface area contributed by atoms with Crippen LogP contribution in [0, 0.1) is 76.4 Å². The fourth-order valence-corrected chi connectivity index (χ4v) is 3.06. The molecule has 0 nitrogen and oxygen atoms in total. The molecule has 0 bridgehead atoms. The van der Waals surface area contributed by atoms with E-state index in [9.17, 15) is 0 Å². The third-order valence-corrected chi connectivity index (χ3v) is 4.61. The van der Waals surface area contributed by atoms with Crippen LogP contribution in [0.15, 0.2) is 66.2 Å². The second-order valence-electron chi connectivity index (χ2n) is 7.31. The first kappa shape index (κ1) is 29.8. The van der Waals surface area contributed by atoms with Gasteiger partial charge in [-0.15, -0.1) is 36.2 Å². The average molecular weight is 510 g/mol. The van der Waals surface area contributed by atoms with E-state index in [4.69, 9.17) is 0 Å². The van der Waals surface area contributed by atoms with Gasteiger partial charge in [-0.1, -0.05) is 69.5 Å². The molecule has 0 N–H and O–H groups in total. The number of rotatable bonds is 7. The second-order valence-corrected chi connectivity index (χ2v) is 7.31. The molecule has 0 saturated heterocycles. The predicted molar refractivity (Wildman–Crippen MR) is 138 cm³/mol. The Bertz CT molecular complexity index is 724. The van der Waals surface area contributed by atoms with E-state index in [0.717, 1.165) is 31.2 Å². The minimum atomic E-state index is 0. The Labute approximate surface area is 224 Å². The standard InChI is InChI=1S/C22H24.2C5H5.Zr/c1-3-5-15-20(12-4-2)22(21-16-10-7-11-17-21)18-19-13-8-6-9-14-19;2*1-2-4-5-3-1;/h6-11,13-14,16-17H,3-5,12H2,1-2H3;2*1-5H;/q-2;;;+4. The monoisotopic (exact) mass is 508 g/mol. The molecule has 0 aliphatic heterocycles. The topological polar surface area (TPSA) is 0 Å². The van der Waals surface area contributed by atoms with Crippen LogP contribution in [0.1, 0.15) is 50.7 Å². The quantitative estimate of drug-likeness (QED) is 0.200. The third-order valence-electron chi connectivity index (χ3n) is 4.61. The summed E-state index contributed by atoms with van der Waals surface area (Å²) in [5, 5.41) is 0. The van der Waals surface area contributed by atoms with Gasteiger partial charge < -0.3 is 6.08 Å². The van der Waals surface area contributed by atoms with Crippen molar-refractivity contribution < 1.29 is 26.2 Å². The van der Waals surface area contributed by atoms with Crippen LogP contribution in [-0.2, 0) is 26.2 Å². The Balaban J connectivity index is 0.000000404. The van der Waals surface area contributed by atoms with Crippen molar-refractivity contribution in [2.75, 3.05) is 0 Å². The van der Waals surface area contributed by atoms with E-state index in [1.54, 1.807) is 0 Å². The van der Waals surface area contributed by atoms with Gasteiger partial charge in [0.1, 0.15) is 0 Å². The zero-order valence-corrected chi connectivity index (χ0v) is 22.3. The predicted octanol–water partition coefficient (Wildman–Crippen LogP) is 8.29. The molecule has 0 spiro atoms. The van der Waals surface area contributed by atoms with Crippen LogP contribution in [0.4, 0.5) is 0 Å². The van der Waals surface area contributed by atoms with Gasteiger partial charge in [0.15, 0.2) is 0 Å². The van der Waals surface area contributed by atoms with Gasteiger partial charge in [-0.3, -0.25) is 11.1 Å². The van der Waals surface area contributed by atoms with Crippen LogP contribution < -0.4 is 0 Å². The van der Waals surface area contributed by atoms with Gasteiger partial charge in [0.2, 0.25) is 0 Å². The van der Waals surface area contributed by atoms with Crippen molar-refractivity contribution in [3.63, 3.8) is 0 Å². The molecule has 33 heavy (non-hydrogen) atoms. The molecule has 0 unspecified atom stereocenters. The van der Waals surface area contributed by atoms with E-state index in [0.29, 0.717) is 0 Å². The van der Waals surface area contributed by atoms with Gasteiger partial charge >= 0.3 is 26.2 Å². The van der Waals surface area contributed by atoms with Crippen molar-refractivity contribution in [2.45, 2.75) is 39.5 Å². The molecule has 2 aromatic rings. The Morgan fingerprint density at radius 3 is 1.48 bits per heavy atom. The summed E-state index contributed by atoms with van der Waals surface area (Å²) >= 11 is 0. The molecule has 2 saturated carbocycles. The number of allylic oxidation sites excluding steroid dienone is 3. The van der Waals surface area contributed by atoms with Crippen LogP contribution in [0.2, 0.25) is 0 Å². The molecule has 2 aliphatic carbocycles. The minimum Gasteiger partial charge on any atom is -0.313 e. The van der Waals surface area contributed by atoms with Gasteiger partial charge in [0, 0.05) is 0 Å². The van der Waals surface area contributed by atoms with Crippen molar-refractivity contribution in [3.05, 3.63) is 154 Å². The molecule has 1 heteroatoms. The number of hydrogen-bond acceptors (Lipinski definition) is 0. The Kier molecular flexibility index (Phi) is 18.3. The SMILES string of the molecule is CCC[C-]=C(CCC)C(=[C-]c1ccccc1)c1ccccc1.[CH]1[CH][CH][CH][CH]1.[CH]1[CH][CH][CH][CH]1.[Zr+4]. The average Bonchev–Trinajstić information content (AvgIpc) is 3.61. The summed E-state index contributed by atoms with van der Waals surface area (Å²) in [5.74, 6) is 0. The summed E-state index contributed by atoms with van der Waals surface area (Å²) in [5.41, 5.74) is 4.81. The van der Waals surface area contributed by atoms with E-state index in [1.807, 2.05) is 70.3 Å². The van der Waals surface area contributed by atoms with E-state index in [-0.39, 0.29) is 26.2 Å². The first-order valence-corrected chi connectivity index (χ1v) is 11.5. The van der Waals surface area contributed by atoms with Crippen LogP contribution in [0.5, 0.6) is 0 Å². The van der Waals surface area contributed by atoms with Gasteiger partial charge in [0.25, 0.3) is 0 Å². The number of hydrogen-bond donors (Lipinski definition) is 0. The molecular formula is C32H34Zr+2. The fourth-order valence-electron chi connectivity index (χ4n) is 3.06. The second kappa shape index (κ2) is 20.2. The number of benzene rings is 2. The molecule has 0 atom stereocenters. The van der Waals surface area contributed by atoms with E-state index in [2.05, 4.69) is 80.6 Å². The molecule has 0 aromatic heterocycles. The smallest absolute Gasteiger partial charge is 0.313 e. The molecule has 0 heterocycles. The Morgan fingerprint density at radius 1 is 0.606 bits per heavy atom. The molecule has 2 fully saturated rings. The van der Waals surface area contributed by atoms with Gasteiger partial charge in [-0.2, -0.15) is 5.56 Å². The molecular weight excluding hydrogens is 476 g/mol. The summed E-state index contributed by atoms with van der Waals surface area (Å²) in [4.78, 5) is 0. The molecule has 0 amide bonds. The van der Waals surface area contributed by atoms with E-state index >= 15 is 0 Å². The van der Waals surface area contributed by atoms with Gasteiger partial charge in [-0.25, -0.2) is 6.08 Å². The van der Waals surface area contributed by atoms with Crippen molar-refractivity contribution in [3.8, 4) is 0 Å². The van der Waals surface area contributed by atoms with Gasteiger partial charge in [-0.05, 0) is 64.2 Å². The van der Waals surface area contributed by atoms with E-state index in [1.165, 1.54) is 16.7 Å². The minimum absolute atomic E-state index is 0. The number of unbranched alkanes of at least 4 members (excludes halogenated alkanes) is 1. The van der Waals surface area contributed by atoms with Crippen molar-refractivity contribution >= 4 is 5.57 Å². The van der Waals surface area contributed by atoms with Crippen LogP contribution in [-0.4, -0.2) is 0 Å². The molecule has 164 valence electrons. The largest absolute Gasteiger partial charge is 4.00 e. The Morgan fingerprint density at radius 2 is 1.06 bits per heavy atom. The fraction of sp³-hybridized carbons (Fsp3) is 0.188. The summed E-state index contributed by atoms with van der Waals surface area (Å²) < 4.78 is 0. The maximum Gasteiger partial charge on any atom is 4.00 e. The van der Waals surface area contributed by atoms with Crippen LogP contribution in [0.25, 0.3) is 5.57 Å². The Hall–Kier alpha value is -1.20. The van der Waals surface area contributed by atoms with Crippen LogP contribution >= 0.6 is 0 Å². The van der Waals surface area contributed by atoms with Crippen molar-refractivity contribution in [1.82, 2.24) is 0 Å². The molecule has 2 aromatic carbocycles. The zero-order chi connectivity index (χ0) is 22.7. The maximum absolute atomic E-state index is 3.61. The normalized spacial score (nSPS) is 15.6. The van der Waals surface area contributed by atoms with Crippen molar-refractivity contribution in [1.29, 1.82) is 0 Å². The summed E-state index contributed by atoms with van der Waals surface area (Å²) in [6.07, 6.45) is 31.5.